The zero-order valence-electron chi connectivity index (χ0n) is 8.89. The highest BCUT2D eigenvalue weighted by molar-refractivity contribution is 4.89. The molecule has 0 aromatic carbocycles. The van der Waals surface area contributed by atoms with Gasteiger partial charge < -0.3 is 4.74 Å². The second-order valence-electron chi connectivity index (χ2n) is 4.76. The lowest BCUT2D eigenvalue weighted by atomic mass is 9.77. The molecule has 1 rings (SSSR count). The standard InChI is InChI=1S/C11H22O/c1-9(2)10(12-4)11(3)7-5-6-8-11/h9-10H,5-8H2,1-4H3. The first-order valence-corrected chi connectivity index (χ1v) is 5.13. The van der Waals surface area contributed by atoms with Crippen molar-refractivity contribution < 1.29 is 4.74 Å². The molecule has 1 fully saturated rings. The van der Waals surface area contributed by atoms with Gasteiger partial charge in [-0.15, -0.1) is 0 Å². The van der Waals surface area contributed by atoms with Crippen LogP contribution in [-0.2, 0) is 4.74 Å². The Morgan fingerprint density at radius 3 is 2.00 bits per heavy atom. The van der Waals surface area contributed by atoms with Gasteiger partial charge in [0.25, 0.3) is 0 Å². The molecule has 1 saturated carbocycles. The minimum Gasteiger partial charge on any atom is -0.381 e. The Bertz CT molecular complexity index is 134. The van der Waals surface area contributed by atoms with Crippen molar-refractivity contribution in [3.8, 4) is 0 Å². The van der Waals surface area contributed by atoms with Crippen LogP contribution in [0.25, 0.3) is 0 Å². The summed E-state index contributed by atoms with van der Waals surface area (Å²) in [6, 6.07) is 0. The number of ether oxygens (including phenoxy) is 1. The second-order valence-corrected chi connectivity index (χ2v) is 4.76. The molecule has 0 saturated heterocycles. The van der Waals surface area contributed by atoms with E-state index in [1.807, 2.05) is 7.11 Å². The number of methoxy groups -OCH3 is 1. The van der Waals surface area contributed by atoms with Crippen LogP contribution >= 0.6 is 0 Å². The topological polar surface area (TPSA) is 9.23 Å². The van der Waals surface area contributed by atoms with Crippen molar-refractivity contribution in [2.24, 2.45) is 11.3 Å². The van der Waals surface area contributed by atoms with E-state index in [1.165, 1.54) is 25.7 Å². The summed E-state index contributed by atoms with van der Waals surface area (Å²) in [4.78, 5) is 0. The highest BCUT2D eigenvalue weighted by Gasteiger charge is 2.38. The Kier molecular flexibility index (Phi) is 3.16. The van der Waals surface area contributed by atoms with Gasteiger partial charge in [-0.3, -0.25) is 0 Å². The summed E-state index contributed by atoms with van der Waals surface area (Å²) in [6.07, 6.45) is 5.94. The molecule has 12 heavy (non-hydrogen) atoms. The molecule has 0 amide bonds. The molecule has 0 radical (unpaired) electrons. The van der Waals surface area contributed by atoms with E-state index in [9.17, 15) is 0 Å². The van der Waals surface area contributed by atoms with Crippen molar-refractivity contribution in [3.05, 3.63) is 0 Å². The van der Waals surface area contributed by atoms with E-state index in [4.69, 9.17) is 4.74 Å². The maximum atomic E-state index is 5.60. The first-order chi connectivity index (χ1) is 5.60. The van der Waals surface area contributed by atoms with E-state index in [-0.39, 0.29) is 0 Å². The molecule has 1 unspecified atom stereocenters. The normalized spacial score (nSPS) is 24.8. The summed E-state index contributed by atoms with van der Waals surface area (Å²) in [5.41, 5.74) is 0.461. The van der Waals surface area contributed by atoms with Crippen molar-refractivity contribution in [2.75, 3.05) is 7.11 Å². The van der Waals surface area contributed by atoms with Gasteiger partial charge in [-0.25, -0.2) is 0 Å². The largest absolute Gasteiger partial charge is 0.381 e. The van der Waals surface area contributed by atoms with Crippen molar-refractivity contribution in [1.82, 2.24) is 0 Å². The molecule has 0 heterocycles. The Labute approximate surface area is 76.5 Å². The van der Waals surface area contributed by atoms with Gasteiger partial charge in [-0.05, 0) is 24.2 Å². The summed E-state index contributed by atoms with van der Waals surface area (Å²) in [7, 11) is 1.86. The molecule has 0 aromatic heterocycles. The average Bonchev–Trinajstić information content (AvgIpc) is 2.37. The highest BCUT2D eigenvalue weighted by Crippen LogP contribution is 2.43. The Balaban J connectivity index is 2.62. The summed E-state index contributed by atoms with van der Waals surface area (Å²) in [6.45, 7) is 6.91. The molecule has 72 valence electrons. The van der Waals surface area contributed by atoms with Crippen molar-refractivity contribution in [3.63, 3.8) is 0 Å². The predicted octanol–water partition coefficient (Wildman–Crippen LogP) is 3.24. The molecular formula is C11H22O. The Morgan fingerprint density at radius 1 is 1.17 bits per heavy atom. The maximum Gasteiger partial charge on any atom is 0.0647 e. The summed E-state index contributed by atoms with van der Waals surface area (Å²) in [5.74, 6) is 0.651. The lowest BCUT2D eigenvalue weighted by Crippen LogP contribution is -2.35. The Hall–Kier alpha value is -0.0400. The molecular weight excluding hydrogens is 148 g/mol. The van der Waals surface area contributed by atoms with Crippen LogP contribution in [0.2, 0.25) is 0 Å². The third kappa shape index (κ3) is 1.82. The van der Waals surface area contributed by atoms with Crippen LogP contribution in [0.3, 0.4) is 0 Å². The SMILES string of the molecule is COC(C(C)C)C1(C)CCCC1. The van der Waals surface area contributed by atoms with Crippen LogP contribution in [0.5, 0.6) is 0 Å². The van der Waals surface area contributed by atoms with Gasteiger partial charge >= 0.3 is 0 Å². The van der Waals surface area contributed by atoms with Crippen LogP contribution in [0.4, 0.5) is 0 Å². The van der Waals surface area contributed by atoms with Crippen molar-refractivity contribution >= 4 is 0 Å². The van der Waals surface area contributed by atoms with Crippen molar-refractivity contribution in [1.29, 1.82) is 0 Å². The second kappa shape index (κ2) is 3.78. The summed E-state index contributed by atoms with van der Waals surface area (Å²) in [5, 5.41) is 0. The number of hydrogen-bond acceptors (Lipinski definition) is 1. The minimum absolute atomic E-state index is 0.458. The zero-order chi connectivity index (χ0) is 9.19. The third-order valence-electron chi connectivity index (χ3n) is 3.29. The van der Waals surface area contributed by atoms with Crippen molar-refractivity contribution in [2.45, 2.75) is 52.6 Å². The molecule has 0 N–H and O–H groups in total. The average molecular weight is 170 g/mol. The fraction of sp³-hybridized carbons (Fsp3) is 1.00. The zero-order valence-corrected chi connectivity index (χ0v) is 8.89. The Morgan fingerprint density at radius 2 is 1.67 bits per heavy atom. The molecule has 0 bridgehead atoms. The minimum atomic E-state index is 0.458. The predicted molar refractivity (Wildman–Crippen MR) is 52.2 cm³/mol. The summed E-state index contributed by atoms with van der Waals surface area (Å²) >= 11 is 0. The van der Waals surface area contributed by atoms with E-state index in [0.29, 0.717) is 17.4 Å². The van der Waals surface area contributed by atoms with Gasteiger partial charge in [0.05, 0.1) is 6.10 Å². The molecule has 1 nitrogen and oxygen atoms in total. The van der Waals surface area contributed by atoms with Crippen LogP contribution in [0.15, 0.2) is 0 Å². The third-order valence-corrected chi connectivity index (χ3v) is 3.29. The molecule has 0 aromatic rings. The van der Waals surface area contributed by atoms with Gasteiger partial charge in [0.15, 0.2) is 0 Å². The van der Waals surface area contributed by atoms with Crippen LogP contribution in [0, 0.1) is 11.3 Å². The van der Waals surface area contributed by atoms with Crippen LogP contribution < -0.4 is 0 Å². The van der Waals surface area contributed by atoms with E-state index in [2.05, 4.69) is 20.8 Å². The highest BCUT2D eigenvalue weighted by atomic mass is 16.5. The molecule has 1 heteroatoms. The molecule has 1 aliphatic carbocycles. The monoisotopic (exact) mass is 170 g/mol. The maximum absolute atomic E-state index is 5.60. The molecule has 1 atom stereocenters. The van der Waals surface area contributed by atoms with E-state index < -0.39 is 0 Å². The number of rotatable bonds is 3. The van der Waals surface area contributed by atoms with Gasteiger partial charge in [0, 0.05) is 7.11 Å². The molecule has 0 spiro atoms. The quantitative estimate of drug-likeness (QED) is 0.632. The number of hydrogen-bond donors (Lipinski definition) is 0. The fourth-order valence-electron chi connectivity index (χ4n) is 2.83. The van der Waals surface area contributed by atoms with Gasteiger partial charge in [-0.1, -0.05) is 33.6 Å². The lowest BCUT2D eigenvalue weighted by molar-refractivity contribution is -0.0307. The molecule has 0 aliphatic heterocycles. The summed E-state index contributed by atoms with van der Waals surface area (Å²) < 4.78 is 5.60. The molecule has 1 aliphatic rings. The fourth-order valence-corrected chi connectivity index (χ4v) is 2.83. The van der Waals surface area contributed by atoms with Crippen LogP contribution in [-0.4, -0.2) is 13.2 Å². The lowest BCUT2D eigenvalue weighted by Gasteiger charge is -2.35. The first-order valence-electron chi connectivity index (χ1n) is 5.13. The van der Waals surface area contributed by atoms with E-state index in [1.54, 1.807) is 0 Å². The van der Waals surface area contributed by atoms with E-state index in [0.717, 1.165) is 0 Å². The van der Waals surface area contributed by atoms with Crippen LogP contribution in [0.1, 0.15) is 46.5 Å². The van der Waals surface area contributed by atoms with Gasteiger partial charge in [0.2, 0.25) is 0 Å². The van der Waals surface area contributed by atoms with E-state index >= 15 is 0 Å². The van der Waals surface area contributed by atoms with Gasteiger partial charge in [0.1, 0.15) is 0 Å². The first kappa shape index (κ1) is 10.0. The van der Waals surface area contributed by atoms with Gasteiger partial charge in [-0.2, -0.15) is 0 Å². The smallest absolute Gasteiger partial charge is 0.0647 e.